The molecule has 0 radical (unpaired) electrons. The van der Waals surface area contributed by atoms with E-state index in [9.17, 15) is 14.9 Å². The van der Waals surface area contributed by atoms with Crippen LogP contribution in [-0.4, -0.2) is 42.7 Å². The van der Waals surface area contributed by atoms with Crippen molar-refractivity contribution in [1.82, 2.24) is 4.90 Å². The smallest absolute Gasteiger partial charge is 0.294 e. The first-order valence-corrected chi connectivity index (χ1v) is 14.5. The lowest BCUT2D eigenvalue weighted by atomic mass is 10.1. The third-order valence-corrected chi connectivity index (χ3v) is 6.07. The minimum atomic E-state index is -0.793. The summed E-state index contributed by atoms with van der Waals surface area (Å²) >= 11 is 5.88. The largest absolute Gasteiger partial charge is 0.493 e. The molecule has 0 N–H and O–H groups in total. The number of rotatable bonds is 16. The number of ether oxygens (including phenoxy) is 1. The Morgan fingerprint density at radius 2 is 1.84 bits per heavy atom. The molecule has 0 heterocycles. The topological polar surface area (TPSA) is 81.9 Å². The SMILES string of the molecule is CC.CC/C=C\CCCC(=O)N(C)CCCCO[N+](=O)[O-].Clc1cccc(OCC/C=C/C2CCCC2)c1. The maximum atomic E-state index is 11.7. The van der Waals surface area contributed by atoms with Gasteiger partial charge in [-0.25, -0.2) is 0 Å². The lowest BCUT2D eigenvalue weighted by Crippen LogP contribution is -2.27. The van der Waals surface area contributed by atoms with Crippen molar-refractivity contribution in [3.63, 3.8) is 0 Å². The number of hydrogen-bond acceptors (Lipinski definition) is 5. The maximum Gasteiger partial charge on any atom is 0.294 e. The van der Waals surface area contributed by atoms with Crippen molar-refractivity contribution in [1.29, 1.82) is 0 Å². The highest BCUT2D eigenvalue weighted by atomic mass is 35.5. The van der Waals surface area contributed by atoms with E-state index in [0.29, 0.717) is 25.8 Å². The Hall–Kier alpha value is -2.54. The first-order chi connectivity index (χ1) is 18.4. The molecule has 0 atom stereocenters. The number of benzene rings is 1. The van der Waals surface area contributed by atoms with Gasteiger partial charge in [0.2, 0.25) is 5.91 Å². The van der Waals surface area contributed by atoms with Gasteiger partial charge < -0.3 is 14.5 Å². The van der Waals surface area contributed by atoms with E-state index in [1.54, 1.807) is 11.9 Å². The van der Waals surface area contributed by atoms with Crippen LogP contribution in [0.1, 0.15) is 91.4 Å². The normalized spacial score (nSPS) is 13.0. The lowest BCUT2D eigenvalue weighted by Gasteiger charge is -2.16. The fourth-order valence-corrected chi connectivity index (χ4v) is 3.98. The fraction of sp³-hybridized carbons (Fsp3) is 0.633. The molecule has 0 aromatic heterocycles. The Morgan fingerprint density at radius 3 is 2.50 bits per heavy atom. The zero-order chi connectivity index (χ0) is 28.4. The Morgan fingerprint density at radius 1 is 1.11 bits per heavy atom. The molecule has 0 bridgehead atoms. The summed E-state index contributed by atoms with van der Waals surface area (Å²) < 4.78 is 5.62. The number of allylic oxidation sites excluding steroid dienone is 3. The summed E-state index contributed by atoms with van der Waals surface area (Å²) in [5.74, 6) is 1.80. The number of unbranched alkanes of at least 4 members (excludes halogenated alkanes) is 2. The average molecular weight is 553 g/mol. The molecular weight excluding hydrogens is 504 g/mol. The van der Waals surface area contributed by atoms with Crippen molar-refractivity contribution < 1.29 is 19.5 Å². The van der Waals surface area contributed by atoms with Crippen LogP contribution in [0.3, 0.4) is 0 Å². The number of halogens is 1. The third kappa shape index (κ3) is 20.5. The number of carbonyl (C=O) groups excluding carboxylic acids is 1. The summed E-state index contributed by atoms with van der Waals surface area (Å²) in [7, 11) is 1.76. The molecule has 8 heteroatoms. The second kappa shape index (κ2) is 24.8. The molecule has 1 aromatic carbocycles. The Kier molecular flexibility index (Phi) is 23.1. The van der Waals surface area contributed by atoms with Crippen molar-refractivity contribution in [2.24, 2.45) is 5.92 Å². The van der Waals surface area contributed by atoms with Gasteiger partial charge in [-0.05, 0) is 75.5 Å². The second-order valence-electron chi connectivity index (χ2n) is 8.92. The van der Waals surface area contributed by atoms with E-state index in [-0.39, 0.29) is 12.5 Å². The molecule has 0 aliphatic heterocycles. The molecule has 216 valence electrons. The van der Waals surface area contributed by atoms with Crippen LogP contribution in [0.4, 0.5) is 0 Å². The van der Waals surface area contributed by atoms with Crippen LogP contribution < -0.4 is 4.74 Å². The summed E-state index contributed by atoms with van der Waals surface area (Å²) in [6.07, 6.45) is 20.0. The molecule has 0 unspecified atom stereocenters. The molecule has 38 heavy (non-hydrogen) atoms. The summed E-state index contributed by atoms with van der Waals surface area (Å²) in [6, 6.07) is 7.55. The number of amides is 1. The van der Waals surface area contributed by atoms with Crippen LogP contribution in [0.2, 0.25) is 5.02 Å². The summed E-state index contributed by atoms with van der Waals surface area (Å²) in [4.78, 5) is 27.5. The molecular formula is C30H49ClN2O5. The molecule has 1 saturated carbocycles. The van der Waals surface area contributed by atoms with E-state index in [2.05, 4.69) is 36.1 Å². The van der Waals surface area contributed by atoms with E-state index >= 15 is 0 Å². The molecule has 0 saturated heterocycles. The first-order valence-electron chi connectivity index (χ1n) is 14.1. The van der Waals surface area contributed by atoms with Gasteiger partial charge in [0, 0.05) is 25.0 Å². The van der Waals surface area contributed by atoms with E-state index < -0.39 is 5.09 Å². The zero-order valence-corrected chi connectivity index (χ0v) is 24.7. The van der Waals surface area contributed by atoms with Gasteiger partial charge in [0.25, 0.3) is 5.09 Å². The van der Waals surface area contributed by atoms with Crippen LogP contribution in [-0.2, 0) is 9.63 Å². The fourth-order valence-electron chi connectivity index (χ4n) is 3.80. The number of nitrogens with zero attached hydrogens (tertiary/aromatic N) is 2. The highest BCUT2D eigenvalue weighted by Crippen LogP contribution is 2.25. The molecule has 7 nitrogen and oxygen atoms in total. The van der Waals surface area contributed by atoms with Crippen molar-refractivity contribution in [3.8, 4) is 5.75 Å². The predicted molar refractivity (Wildman–Crippen MR) is 157 cm³/mol. The summed E-state index contributed by atoms with van der Waals surface area (Å²) in [6.45, 7) is 7.52. The predicted octanol–water partition coefficient (Wildman–Crippen LogP) is 8.45. The highest BCUT2D eigenvalue weighted by molar-refractivity contribution is 6.30. The summed E-state index contributed by atoms with van der Waals surface area (Å²) in [5, 5.41) is 9.84. The van der Waals surface area contributed by atoms with Crippen LogP contribution in [0.5, 0.6) is 5.75 Å². The average Bonchev–Trinajstić information content (AvgIpc) is 3.43. The van der Waals surface area contributed by atoms with Crippen molar-refractivity contribution in [3.05, 3.63) is 63.7 Å². The monoisotopic (exact) mass is 552 g/mol. The minimum Gasteiger partial charge on any atom is -0.493 e. The van der Waals surface area contributed by atoms with E-state index in [1.165, 1.54) is 25.7 Å². The van der Waals surface area contributed by atoms with Gasteiger partial charge >= 0.3 is 0 Å². The first kappa shape index (κ1) is 35.5. The van der Waals surface area contributed by atoms with Crippen molar-refractivity contribution in [2.75, 3.05) is 26.8 Å². The van der Waals surface area contributed by atoms with Gasteiger partial charge in [0.05, 0.1) is 13.2 Å². The van der Waals surface area contributed by atoms with Crippen LogP contribution in [0.25, 0.3) is 0 Å². The van der Waals surface area contributed by atoms with Gasteiger partial charge in [-0.15, -0.1) is 10.1 Å². The van der Waals surface area contributed by atoms with Crippen LogP contribution in [0.15, 0.2) is 48.6 Å². The van der Waals surface area contributed by atoms with Crippen molar-refractivity contribution in [2.45, 2.75) is 91.4 Å². The Labute approximate surface area is 235 Å². The lowest BCUT2D eigenvalue weighted by molar-refractivity contribution is -0.757. The van der Waals surface area contributed by atoms with Crippen LogP contribution in [0, 0.1) is 16.0 Å². The zero-order valence-electron chi connectivity index (χ0n) is 23.9. The molecule has 1 fully saturated rings. The molecule has 0 spiro atoms. The van der Waals surface area contributed by atoms with Crippen LogP contribution >= 0.6 is 11.6 Å². The number of hydrogen-bond donors (Lipinski definition) is 0. The van der Waals surface area contributed by atoms with E-state index in [4.69, 9.17) is 16.3 Å². The molecule has 1 amide bonds. The molecule has 1 aliphatic rings. The second-order valence-corrected chi connectivity index (χ2v) is 9.35. The Bertz CT molecular complexity index is 795. The maximum absolute atomic E-state index is 11.7. The molecule has 2 rings (SSSR count). The standard InChI is InChI=1S/C15H19ClO.C13H24N2O4.C2H6/c16-14-9-5-10-15(12-14)17-11-4-3-8-13-6-1-2-7-13;1-3-4-5-6-7-10-13(16)14(2)11-8-9-12-19-15(17)18;1-2/h3,5,8-10,12-13H,1-2,4,6-7,11H2;4-5H,3,6-12H2,1-2H3;1-2H3/b8-3+;5-4-;. The third-order valence-electron chi connectivity index (χ3n) is 5.83. The van der Waals surface area contributed by atoms with Gasteiger partial charge in [-0.2, -0.15) is 0 Å². The van der Waals surface area contributed by atoms with Gasteiger partial charge in [0.15, 0.2) is 0 Å². The van der Waals surface area contributed by atoms with E-state index in [1.807, 2.05) is 38.1 Å². The molecule has 1 aromatic rings. The van der Waals surface area contributed by atoms with Gasteiger partial charge in [-0.3, -0.25) is 4.79 Å². The quantitative estimate of drug-likeness (QED) is 0.0888. The minimum absolute atomic E-state index is 0.0941. The van der Waals surface area contributed by atoms with Crippen molar-refractivity contribution >= 4 is 17.5 Å². The highest BCUT2D eigenvalue weighted by Gasteiger charge is 2.10. The molecule has 1 aliphatic carbocycles. The van der Waals surface area contributed by atoms with Gasteiger partial charge in [0.1, 0.15) is 5.75 Å². The van der Waals surface area contributed by atoms with E-state index in [0.717, 1.165) is 49.0 Å². The number of carbonyl (C=O) groups is 1. The Balaban J connectivity index is 0.000000678. The van der Waals surface area contributed by atoms with Gasteiger partial charge in [-0.1, -0.05) is 75.6 Å². The summed E-state index contributed by atoms with van der Waals surface area (Å²) in [5.41, 5.74) is 0.